The van der Waals surface area contributed by atoms with Gasteiger partial charge < -0.3 is 14.7 Å². The lowest BCUT2D eigenvalue weighted by atomic mass is 9.96. The van der Waals surface area contributed by atoms with Crippen LogP contribution in [-0.2, 0) is 6.61 Å². The normalized spacial score (nSPS) is 15.5. The van der Waals surface area contributed by atoms with Crippen LogP contribution >= 0.6 is 0 Å². The van der Waals surface area contributed by atoms with E-state index >= 15 is 0 Å². The van der Waals surface area contributed by atoms with Gasteiger partial charge in [-0.25, -0.2) is 4.79 Å². The van der Waals surface area contributed by atoms with Crippen LogP contribution in [-0.4, -0.2) is 47.2 Å². The number of hydrogen-bond donors (Lipinski definition) is 1. The van der Waals surface area contributed by atoms with Crippen molar-refractivity contribution in [2.75, 3.05) is 26.2 Å². The van der Waals surface area contributed by atoms with Crippen molar-refractivity contribution in [3.8, 4) is 5.75 Å². The van der Waals surface area contributed by atoms with E-state index in [1.165, 1.54) is 16.0 Å². The van der Waals surface area contributed by atoms with E-state index in [0.717, 1.165) is 11.3 Å². The molecule has 0 aliphatic carbocycles. The van der Waals surface area contributed by atoms with Crippen LogP contribution in [0.1, 0.15) is 22.7 Å². The molecule has 0 spiro atoms. The lowest BCUT2D eigenvalue weighted by molar-refractivity contribution is 0.0932. The van der Waals surface area contributed by atoms with Crippen LogP contribution < -0.4 is 4.74 Å². The molecular formula is C25H26N2O3. The van der Waals surface area contributed by atoms with Gasteiger partial charge in [0.15, 0.2) is 0 Å². The number of benzene rings is 3. The number of nitrogens with zero attached hydrogens (tertiary/aromatic N) is 2. The van der Waals surface area contributed by atoms with Crippen LogP contribution in [0.5, 0.6) is 5.75 Å². The van der Waals surface area contributed by atoms with E-state index in [0.29, 0.717) is 32.8 Å². The summed E-state index contributed by atoms with van der Waals surface area (Å²) in [6.45, 7) is 3.00. The molecule has 154 valence electrons. The molecule has 3 aromatic rings. The summed E-state index contributed by atoms with van der Waals surface area (Å²) < 4.78 is 5.93. The zero-order valence-corrected chi connectivity index (χ0v) is 16.9. The Bertz CT molecular complexity index is 937. The molecular weight excluding hydrogens is 376 g/mol. The first-order chi connectivity index (χ1) is 14.7. The topological polar surface area (TPSA) is 53.0 Å². The van der Waals surface area contributed by atoms with E-state index in [1.807, 2.05) is 48.5 Å². The summed E-state index contributed by atoms with van der Waals surface area (Å²) >= 11 is 0. The van der Waals surface area contributed by atoms with Crippen molar-refractivity contribution >= 4 is 6.09 Å². The fourth-order valence-corrected chi connectivity index (χ4v) is 3.91. The molecule has 1 unspecified atom stereocenters. The first-order valence-electron chi connectivity index (χ1n) is 10.2. The molecule has 1 aliphatic heterocycles. The Morgan fingerprint density at radius 1 is 0.800 bits per heavy atom. The molecule has 4 rings (SSSR count). The summed E-state index contributed by atoms with van der Waals surface area (Å²) in [5.41, 5.74) is 3.52. The van der Waals surface area contributed by atoms with Gasteiger partial charge in [-0.2, -0.15) is 0 Å². The van der Waals surface area contributed by atoms with Crippen molar-refractivity contribution < 1.29 is 14.6 Å². The Balaban J connectivity index is 1.50. The third kappa shape index (κ3) is 4.81. The van der Waals surface area contributed by atoms with Gasteiger partial charge in [-0.05, 0) is 28.8 Å². The number of carboxylic acid groups (broad SMARTS) is 1. The molecule has 30 heavy (non-hydrogen) atoms. The number of carbonyl (C=O) groups is 1. The average Bonchev–Trinajstić information content (AvgIpc) is 2.80. The smallest absolute Gasteiger partial charge is 0.407 e. The Hall–Kier alpha value is -3.31. The maximum atomic E-state index is 11.3. The second-order valence-electron chi connectivity index (χ2n) is 7.46. The van der Waals surface area contributed by atoms with Gasteiger partial charge in [-0.1, -0.05) is 72.8 Å². The van der Waals surface area contributed by atoms with Gasteiger partial charge in [0.25, 0.3) is 0 Å². The van der Waals surface area contributed by atoms with Crippen molar-refractivity contribution in [2.24, 2.45) is 0 Å². The fourth-order valence-electron chi connectivity index (χ4n) is 3.91. The summed E-state index contributed by atoms with van der Waals surface area (Å²) in [5.74, 6) is 0.838. The molecule has 5 heteroatoms. The van der Waals surface area contributed by atoms with Crippen LogP contribution in [0.4, 0.5) is 4.79 Å². The molecule has 1 N–H and O–H groups in total. The highest BCUT2D eigenvalue weighted by molar-refractivity contribution is 5.65. The summed E-state index contributed by atoms with van der Waals surface area (Å²) in [7, 11) is 0. The van der Waals surface area contributed by atoms with Gasteiger partial charge in [0.05, 0.1) is 6.04 Å². The molecule has 5 nitrogen and oxygen atoms in total. The van der Waals surface area contributed by atoms with Gasteiger partial charge in [-0.15, -0.1) is 0 Å². The standard InChI is InChI=1S/C25H26N2O3/c28-25(29)27-17-15-26(16-18-27)24(21-9-5-2-6-10-21)22-11-13-23(14-12-22)30-19-20-7-3-1-4-8-20/h1-14,24H,15-19H2,(H,28,29). The van der Waals surface area contributed by atoms with E-state index in [4.69, 9.17) is 4.74 Å². The lowest BCUT2D eigenvalue weighted by Crippen LogP contribution is -2.49. The highest BCUT2D eigenvalue weighted by Gasteiger charge is 2.28. The third-order valence-electron chi connectivity index (χ3n) is 5.51. The quantitative estimate of drug-likeness (QED) is 0.652. The summed E-state index contributed by atoms with van der Waals surface area (Å²) in [5, 5.41) is 9.25. The largest absolute Gasteiger partial charge is 0.489 e. The SMILES string of the molecule is O=C(O)N1CCN(C(c2ccccc2)c2ccc(OCc3ccccc3)cc2)CC1. The number of hydrogen-bond acceptors (Lipinski definition) is 3. The van der Waals surface area contributed by atoms with Crippen LogP contribution in [0, 0.1) is 0 Å². The van der Waals surface area contributed by atoms with Crippen molar-refractivity contribution in [1.82, 2.24) is 9.80 Å². The molecule has 1 fully saturated rings. The molecule has 1 amide bonds. The van der Waals surface area contributed by atoms with Crippen LogP contribution in [0.2, 0.25) is 0 Å². The molecule has 0 aromatic heterocycles. The third-order valence-corrected chi connectivity index (χ3v) is 5.51. The number of amides is 1. The van der Waals surface area contributed by atoms with E-state index in [1.54, 1.807) is 0 Å². The zero-order chi connectivity index (χ0) is 20.8. The molecule has 1 aliphatic rings. The van der Waals surface area contributed by atoms with Crippen LogP contribution in [0.25, 0.3) is 0 Å². The molecule has 0 radical (unpaired) electrons. The van der Waals surface area contributed by atoms with Gasteiger partial charge in [0.1, 0.15) is 12.4 Å². The zero-order valence-electron chi connectivity index (χ0n) is 16.9. The van der Waals surface area contributed by atoms with Crippen molar-refractivity contribution in [2.45, 2.75) is 12.6 Å². The second-order valence-corrected chi connectivity index (χ2v) is 7.46. The molecule has 0 bridgehead atoms. The van der Waals surface area contributed by atoms with Gasteiger partial charge in [0, 0.05) is 26.2 Å². The minimum atomic E-state index is -0.842. The first kappa shape index (κ1) is 20.0. The summed E-state index contributed by atoms with van der Waals surface area (Å²) in [6, 6.07) is 28.8. The predicted octanol–water partition coefficient (Wildman–Crippen LogP) is 4.65. The molecule has 3 aromatic carbocycles. The average molecular weight is 402 g/mol. The minimum Gasteiger partial charge on any atom is -0.489 e. The first-order valence-corrected chi connectivity index (χ1v) is 10.2. The Labute approximate surface area is 177 Å². The lowest BCUT2D eigenvalue weighted by Gasteiger charge is -2.38. The van der Waals surface area contributed by atoms with E-state index in [2.05, 4.69) is 41.3 Å². The fraction of sp³-hybridized carbons (Fsp3) is 0.240. The Morgan fingerprint density at radius 2 is 1.37 bits per heavy atom. The van der Waals surface area contributed by atoms with E-state index in [9.17, 15) is 9.90 Å². The van der Waals surface area contributed by atoms with Gasteiger partial charge in [-0.3, -0.25) is 4.90 Å². The molecule has 1 saturated heterocycles. The van der Waals surface area contributed by atoms with Crippen LogP contribution in [0.3, 0.4) is 0 Å². The molecule has 0 saturated carbocycles. The van der Waals surface area contributed by atoms with Gasteiger partial charge in [0.2, 0.25) is 0 Å². The van der Waals surface area contributed by atoms with E-state index in [-0.39, 0.29) is 6.04 Å². The molecule has 1 atom stereocenters. The second kappa shape index (κ2) is 9.46. The van der Waals surface area contributed by atoms with Crippen molar-refractivity contribution in [1.29, 1.82) is 0 Å². The van der Waals surface area contributed by atoms with Crippen LogP contribution in [0.15, 0.2) is 84.9 Å². The van der Waals surface area contributed by atoms with Crippen molar-refractivity contribution in [3.63, 3.8) is 0 Å². The van der Waals surface area contributed by atoms with Crippen molar-refractivity contribution in [3.05, 3.63) is 102 Å². The maximum absolute atomic E-state index is 11.3. The highest BCUT2D eigenvalue weighted by Crippen LogP contribution is 2.31. The number of ether oxygens (including phenoxy) is 1. The predicted molar refractivity (Wildman–Crippen MR) is 117 cm³/mol. The Kier molecular flexibility index (Phi) is 6.30. The maximum Gasteiger partial charge on any atom is 0.407 e. The summed E-state index contributed by atoms with van der Waals surface area (Å²) in [6.07, 6.45) is -0.842. The minimum absolute atomic E-state index is 0.0883. The van der Waals surface area contributed by atoms with Gasteiger partial charge >= 0.3 is 6.09 Å². The van der Waals surface area contributed by atoms with E-state index < -0.39 is 6.09 Å². The monoisotopic (exact) mass is 402 g/mol. The summed E-state index contributed by atoms with van der Waals surface area (Å²) in [4.78, 5) is 15.1. The number of piperazine rings is 1. The Morgan fingerprint density at radius 3 is 1.97 bits per heavy atom. The molecule has 1 heterocycles. The highest BCUT2D eigenvalue weighted by atomic mass is 16.5. The number of rotatable bonds is 6.